The molecule has 1 aromatic carbocycles. The van der Waals surface area contributed by atoms with Gasteiger partial charge in [0.15, 0.2) is 0 Å². The van der Waals surface area contributed by atoms with Crippen molar-refractivity contribution in [2.24, 2.45) is 0 Å². The van der Waals surface area contributed by atoms with Gasteiger partial charge in [0.25, 0.3) is 0 Å². The van der Waals surface area contributed by atoms with Crippen LogP contribution < -0.4 is 10.1 Å². The van der Waals surface area contributed by atoms with E-state index in [0.717, 1.165) is 5.75 Å². The summed E-state index contributed by atoms with van der Waals surface area (Å²) in [5.74, 6) is 1.02. The van der Waals surface area contributed by atoms with E-state index >= 15 is 0 Å². The van der Waals surface area contributed by atoms with Crippen LogP contribution in [-0.2, 0) is 0 Å². The number of benzene rings is 1. The van der Waals surface area contributed by atoms with Crippen molar-refractivity contribution in [1.82, 2.24) is 5.32 Å². The molecular formula is C14H21NO. The largest absolute Gasteiger partial charge is 0.489 e. The second kappa shape index (κ2) is 4.88. The summed E-state index contributed by atoms with van der Waals surface area (Å²) in [5.41, 5.74) is 2.54. The molecule has 1 N–H and O–H groups in total. The smallest absolute Gasteiger partial charge is 0.120 e. The van der Waals surface area contributed by atoms with Crippen LogP contribution in [0.1, 0.15) is 30.4 Å². The van der Waals surface area contributed by atoms with Gasteiger partial charge in [-0.3, -0.25) is 0 Å². The van der Waals surface area contributed by atoms with Gasteiger partial charge in [-0.1, -0.05) is 6.07 Å². The molecule has 0 saturated heterocycles. The summed E-state index contributed by atoms with van der Waals surface area (Å²) in [6.07, 6.45) is 4.00. The van der Waals surface area contributed by atoms with E-state index in [1.165, 1.54) is 30.4 Å². The van der Waals surface area contributed by atoms with Crippen LogP contribution in [0.4, 0.5) is 0 Å². The Hall–Kier alpha value is -1.02. The van der Waals surface area contributed by atoms with Crippen LogP contribution in [-0.4, -0.2) is 19.2 Å². The van der Waals surface area contributed by atoms with Crippen LogP contribution in [0.15, 0.2) is 18.2 Å². The summed E-state index contributed by atoms with van der Waals surface area (Å²) in [7, 11) is 2.02. The van der Waals surface area contributed by atoms with Gasteiger partial charge >= 0.3 is 0 Å². The lowest BCUT2D eigenvalue weighted by molar-refractivity contribution is 0.179. The average Bonchev–Trinajstić information content (AvgIpc) is 2.63. The molecule has 1 aliphatic rings. The fourth-order valence-corrected chi connectivity index (χ4v) is 2.57. The minimum atomic E-state index is 0.339. The van der Waals surface area contributed by atoms with Gasteiger partial charge in [-0.25, -0.2) is 0 Å². The maximum absolute atomic E-state index is 6.08. The summed E-state index contributed by atoms with van der Waals surface area (Å²) in [6, 6.07) is 6.94. The van der Waals surface area contributed by atoms with Crippen molar-refractivity contribution in [3.05, 3.63) is 29.3 Å². The Morgan fingerprint density at radius 3 is 2.44 bits per heavy atom. The molecule has 0 aliphatic heterocycles. The van der Waals surface area contributed by atoms with Crippen LogP contribution in [0.25, 0.3) is 0 Å². The number of nitrogens with one attached hydrogen (secondary N) is 1. The Morgan fingerprint density at radius 1 is 1.12 bits per heavy atom. The highest BCUT2D eigenvalue weighted by atomic mass is 16.5. The summed E-state index contributed by atoms with van der Waals surface area (Å²) in [6.45, 7) is 4.23. The quantitative estimate of drug-likeness (QED) is 0.844. The molecule has 1 fully saturated rings. The lowest BCUT2D eigenvalue weighted by Crippen LogP contribution is -2.36. The van der Waals surface area contributed by atoms with Gasteiger partial charge in [0, 0.05) is 6.04 Å². The first-order chi connectivity index (χ1) is 7.69. The zero-order valence-corrected chi connectivity index (χ0v) is 10.4. The van der Waals surface area contributed by atoms with Gasteiger partial charge in [0.2, 0.25) is 0 Å². The van der Waals surface area contributed by atoms with Crippen LogP contribution in [0, 0.1) is 13.8 Å². The minimum absolute atomic E-state index is 0.339. The van der Waals surface area contributed by atoms with Gasteiger partial charge in [0.05, 0.1) is 0 Å². The van der Waals surface area contributed by atoms with Crippen LogP contribution in [0.3, 0.4) is 0 Å². The lowest BCUT2D eigenvalue weighted by atomic mass is 10.1. The molecule has 2 heteroatoms. The average molecular weight is 219 g/mol. The predicted octanol–water partition coefficient (Wildman–Crippen LogP) is 2.82. The van der Waals surface area contributed by atoms with Crippen LogP contribution in [0.5, 0.6) is 5.75 Å². The van der Waals surface area contributed by atoms with Crippen molar-refractivity contribution in [3.8, 4) is 5.75 Å². The van der Waals surface area contributed by atoms with E-state index in [4.69, 9.17) is 4.74 Å². The number of hydrogen-bond acceptors (Lipinski definition) is 2. The van der Waals surface area contributed by atoms with Crippen molar-refractivity contribution < 1.29 is 4.74 Å². The molecule has 88 valence electrons. The maximum Gasteiger partial charge on any atom is 0.120 e. The van der Waals surface area contributed by atoms with Gasteiger partial charge < -0.3 is 10.1 Å². The van der Waals surface area contributed by atoms with E-state index in [0.29, 0.717) is 12.1 Å². The van der Waals surface area contributed by atoms with Crippen LogP contribution >= 0.6 is 0 Å². The molecule has 1 aromatic rings. The summed E-state index contributed by atoms with van der Waals surface area (Å²) < 4.78 is 6.08. The number of rotatable bonds is 3. The van der Waals surface area contributed by atoms with E-state index in [2.05, 4.69) is 37.4 Å². The van der Waals surface area contributed by atoms with Crippen molar-refractivity contribution >= 4 is 0 Å². The molecular weight excluding hydrogens is 198 g/mol. The van der Waals surface area contributed by atoms with E-state index < -0.39 is 0 Å². The Bertz CT molecular complexity index is 342. The highest BCUT2D eigenvalue weighted by Gasteiger charge is 2.27. The second-order valence-electron chi connectivity index (χ2n) is 4.81. The molecule has 0 spiro atoms. The minimum Gasteiger partial charge on any atom is -0.489 e. The first kappa shape index (κ1) is 11.5. The molecule has 0 amide bonds. The summed E-state index contributed by atoms with van der Waals surface area (Å²) in [5, 5.41) is 3.34. The molecule has 16 heavy (non-hydrogen) atoms. The van der Waals surface area contributed by atoms with E-state index in [1.54, 1.807) is 0 Å². The van der Waals surface area contributed by atoms with Crippen molar-refractivity contribution in [3.63, 3.8) is 0 Å². The van der Waals surface area contributed by atoms with E-state index in [9.17, 15) is 0 Å². The number of ether oxygens (including phenoxy) is 1. The zero-order chi connectivity index (χ0) is 11.5. The molecule has 2 nitrogen and oxygen atoms in total. The standard InChI is InChI=1S/C14H21NO/c1-10-7-11(2)9-12(8-10)16-14-6-4-5-13(14)15-3/h7-9,13-15H,4-6H2,1-3H3. The second-order valence-corrected chi connectivity index (χ2v) is 4.81. The number of likely N-dealkylation sites (N-methyl/N-ethyl adjacent to an activating group) is 1. The van der Waals surface area contributed by atoms with Crippen molar-refractivity contribution in [2.75, 3.05) is 7.05 Å². The van der Waals surface area contributed by atoms with Crippen LogP contribution in [0.2, 0.25) is 0 Å². The molecule has 1 saturated carbocycles. The topological polar surface area (TPSA) is 21.3 Å². The van der Waals surface area contributed by atoms with Gasteiger partial charge in [0.1, 0.15) is 11.9 Å². The molecule has 0 aromatic heterocycles. The SMILES string of the molecule is CNC1CCCC1Oc1cc(C)cc(C)c1. The predicted molar refractivity (Wildman–Crippen MR) is 67.0 cm³/mol. The van der Waals surface area contributed by atoms with E-state index in [1.807, 2.05) is 7.05 Å². The first-order valence-electron chi connectivity index (χ1n) is 6.11. The Labute approximate surface area is 98.0 Å². The number of hydrogen-bond donors (Lipinski definition) is 1. The molecule has 2 atom stereocenters. The molecule has 0 radical (unpaired) electrons. The third-order valence-electron chi connectivity index (χ3n) is 3.31. The van der Waals surface area contributed by atoms with Gasteiger partial charge in [-0.05, 0) is 63.4 Å². The highest BCUT2D eigenvalue weighted by Crippen LogP contribution is 2.25. The molecule has 2 unspecified atom stereocenters. The van der Waals surface area contributed by atoms with Gasteiger partial charge in [-0.2, -0.15) is 0 Å². The van der Waals surface area contributed by atoms with E-state index in [-0.39, 0.29) is 0 Å². The molecule has 1 aliphatic carbocycles. The number of aryl methyl sites for hydroxylation is 2. The monoisotopic (exact) mass is 219 g/mol. The maximum atomic E-state index is 6.08. The lowest BCUT2D eigenvalue weighted by Gasteiger charge is -2.21. The van der Waals surface area contributed by atoms with Crippen molar-refractivity contribution in [2.45, 2.75) is 45.3 Å². The molecule has 0 heterocycles. The third-order valence-corrected chi connectivity index (χ3v) is 3.31. The molecule has 0 bridgehead atoms. The Kier molecular flexibility index (Phi) is 3.49. The van der Waals surface area contributed by atoms with Gasteiger partial charge in [-0.15, -0.1) is 0 Å². The Balaban J connectivity index is 2.08. The first-order valence-corrected chi connectivity index (χ1v) is 6.11. The zero-order valence-electron chi connectivity index (χ0n) is 10.4. The fourth-order valence-electron chi connectivity index (χ4n) is 2.57. The normalized spacial score (nSPS) is 24.7. The highest BCUT2D eigenvalue weighted by molar-refractivity contribution is 5.33. The molecule has 2 rings (SSSR count). The third kappa shape index (κ3) is 2.56. The Morgan fingerprint density at radius 2 is 1.81 bits per heavy atom. The fraction of sp³-hybridized carbons (Fsp3) is 0.571. The van der Waals surface area contributed by atoms with Crippen molar-refractivity contribution in [1.29, 1.82) is 0 Å². The summed E-state index contributed by atoms with van der Waals surface area (Å²) >= 11 is 0. The summed E-state index contributed by atoms with van der Waals surface area (Å²) in [4.78, 5) is 0.